The third kappa shape index (κ3) is 3.87. The summed E-state index contributed by atoms with van der Waals surface area (Å²) < 4.78 is 27.2. The Morgan fingerprint density at radius 2 is 1.88 bits per heavy atom. The molecule has 1 heterocycles. The van der Waals surface area contributed by atoms with Crippen LogP contribution in [0.2, 0.25) is 0 Å². The molecule has 1 N–H and O–H groups in total. The average molecular weight is 391 g/mol. The van der Waals surface area contributed by atoms with E-state index < -0.39 is 10.0 Å². The third-order valence-electron chi connectivity index (χ3n) is 3.58. The van der Waals surface area contributed by atoms with Crippen LogP contribution in [0.1, 0.15) is 5.56 Å². The minimum Gasteiger partial charge on any atom is -0.508 e. The highest BCUT2D eigenvalue weighted by Crippen LogP contribution is 2.25. The summed E-state index contributed by atoms with van der Waals surface area (Å²) in [5, 5.41) is 21.6. The maximum atomic E-state index is 12.2. The quantitative estimate of drug-likeness (QED) is 0.641. The molecule has 0 spiro atoms. The molecule has 2 aromatic carbocycles. The zero-order valence-corrected chi connectivity index (χ0v) is 15.8. The lowest BCUT2D eigenvalue weighted by Crippen LogP contribution is -2.22. The Labute approximate surface area is 155 Å². The number of sulfonamides is 1. The lowest BCUT2D eigenvalue weighted by atomic mass is 10.2. The normalized spacial score (nSPS) is 11.8. The lowest BCUT2D eigenvalue weighted by Gasteiger charge is -2.12. The largest absolute Gasteiger partial charge is 0.508 e. The Morgan fingerprint density at radius 3 is 2.58 bits per heavy atom. The molecule has 1 aromatic heterocycles. The van der Waals surface area contributed by atoms with Gasteiger partial charge >= 0.3 is 0 Å². The first-order chi connectivity index (χ1) is 12.4. The predicted molar refractivity (Wildman–Crippen MR) is 97.7 cm³/mol. The van der Waals surface area contributed by atoms with Crippen LogP contribution in [-0.2, 0) is 15.8 Å². The van der Waals surface area contributed by atoms with E-state index in [0.29, 0.717) is 10.9 Å². The molecular formula is C16H17N5O3S2. The summed E-state index contributed by atoms with van der Waals surface area (Å²) in [5.41, 5.74) is 1.57. The van der Waals surface area contributed by atoms with Gasteiger partial charge in [0.2, 0.25) is 15.2 Å². The fourth-order valence-electron chi connectivity index (χ4n) is 2.18. The Hall–Kier alpha value is -2.43. The zero-order chi connectivity index (χ0) is 18.7. The first-order valence-corrected chi connectivity index (χ1v) is 10.0. The molecule has 136 valence electrons. The van der Waals surface area contributed by atoms with Crippen LogP contribution >= 0.6 is 11.8 Å². The molecule has 0 aliphatic rings. The van der Waals surface area contributed by atoms with Crippen molar-refractivity contribution in [1.82, 2.24) is 24.5 Å². The summed E-state index contributed by atoms with van der Waals surface area (Å²) in [6.45, 7) is 0. The molecule has 0 radical (unpaired) electrons. The number of benzene rings is 2. The molecular weight excluding hydrogens is 374 g/mol. The summed E-state index contributed by atoms with van der Waals surface area (Å²) in [4.78, 5) is 0.249. The number of hydrogen-bond acceptors (Lipinski definition) is 7. The first-order valence-electron chi connectivity index (χ1n) is 7.60. The number of thioether (sulfide) groups is 1. The highest BCUT2D eigenvalue weighted by Gasteiger charge is 2.17. The van der Waals surface area contributed by atoms with Crippen molar-refractivity contribution < 1.29 is 13.5 Å². The molecule has 0 fully saturated rings. The number of aromatic hydroxyl groups is 1. The van der Waals surface area contributed by atoms with Crippen molar-refractivity contribution in [3.8, 4) is 11.4 Å². The molecule has 0 bridgehead atoms. The Kier molecular flexibility index (Phi) is 5.25. The minimum absolute atomic E-state index is 0.162. The molecule has 0 aliphatic carbocycles. The van der Waals surface area contributed by atoms with Gasteiger partial charge in [0.15, 0.2) is 0 Å². The van der Waals surface area contributed by atoms with Gasteiger partial charge < -0.3 is 5.11 Å². The van der Waals surface area contributed by atoms with E-state index in [9.17, 15) is 13.5 Å². The summed E-state index contributed by atoms with van der Waals surface area (Å²) >= 11 is 1.39. The van der Waals surface area contributed by atoms with E-state index in [0.717, 1.165) is 11.3 Å². The second kappa shape index (κ2) is 7.44. The van der Waals surface area contributed by atoms with Crippen molar-refractivity contribution in [2.24, 2.45) is 0 Å². The van der Waals surface area contributed by atoms with Gasteiger partial charge in [-0.3, -0.25) is 0 Å². The van der Waals surface area contributed by atoms with Gasteiger partial charge in [0.1, 0.15) is 5.75 Å². The molecule has 26 heavy (non-hydrogen) atoms. The second-order valence-electron chi connectivity index (χ2n) is 5.61. The van der Waals surface area contributed by atoms with Gasteiger partial charge in [0, 0.05) is 19.8 Å². The topological polar surface area (TPSA) is 101 Å². The summed E-state index contributed by atoms with van der Waals surface area (Å²) in [6, 6.07) is 13.3. The fraction of sp³-hybridized carbons (Fsp3) is 0.188. The fourth-order valence-corrected chi connectivity index (χ4v) is 3.99. The van der Waals surface area contributed by atoms with Crippen LogP contribution in [0.15, 0.2) is 58.6 Å². The highest BCUT2D eigenvalue weighted by atomic mass is 32.2. The summed E-state index contributed by atoms with van der Waals surface area (Å²) in [7, 11) is -0.467. The Morgan fingerprint density at radius 1 is 1.15 bits per heavy atom. The number of phenolic OH excluding ortho intramolecular Hbond substituents is 1. The van der Waals surface area contributed by atoms with E-state index in [-0.39, 0.29) is 10.6 Å². The summed E-state index contributed by atoms with van der Waals surface area (Å²) in [6.07, 6.45) is 0. The van der Waals surface area contributed by atoms with Crippen LogP contribution in [0, 0.1) is 0 Å². The number of nitrogens with zero attached hydrogens (tertiary/aromatic N) is 5. The van der Waals surface area contributed by atoms with E-state index in [1.165, 1.54) is 30.2 Å². The molecule has 0 saturated heterocycles. The van der Waals surface area contributed by atoms with Crippen LogP contribution in [0.5, 0.6) is 5.75 Å². The van der Waals surface area contributed by atoms with E-state index in [1.54, 1.807) is 47.1 Å². The van der Waals surface area contributed by atoms with Crippen molar-refractivity contribution in [1.29, 1.82) is 0 Å². The van der Waals surface area contributed by atoms with Gasteiger partial charge in [0.05, 0.1) is 10.6 Å². The van der Waals surface area contributed by atoms with E-state index in [2.05, 4.69) is 15.5 Å². The molecule has 0 unspecified atom stereocenters. The van der Waals surface area contributed by atoms with Crippen LogP contribution in [-0.4, -0.2) is 52.1 Å². The van der Waals surface area contributed by atoms with Gasteiger partial charge in [0.25, 0.3) is 0 Å². The molecule has 0 saturated carbocycles. The Bertz CT molecular complexity index is 1000. The van der Waals surface area contributed by atoms with Gasteiger partial charge in [-0.05, 0) is 52.4 Å². The molecule has 3 rings (SSSR count). The number of hydrogen-bond donors (Lipinski definition) is 1. The summed E-state index contributed by atoms with van der Waals surface area (Å²) in [5.74, 6) is 0.671. The average Bonchev–Trinajstić information content (AvgIpc) is 3.09. The number of rotatable bonds is 6. The lowest BCUT2D eigenvalue weighted by molar-refractivity contribution is 0.475. The molecule has 0 amide bonds. The Balaban J connectivity index is 1.79. The van der Waals surface area contributed by atoms with Crippen LogP contribution in [0.25, 0.3) is 5.69 Å². The van der Waals surface area contributed by atoms with Crippen molar-refractivity contribution in [3.05, 3.63) is 54.1 Å². The molecule has 3 aromatic rings. The molecule has 0 aliphatic heterocycles. The smallest absolute Gasteiger partial charge is 0.242 e. The van der Waals surface area contributed by atoms with Crippen molar-refractivity contribution >= 4 is 21.8 Å². The number of tetrazole rings is 1. The SMILES string of the molecule is CN(C)S(=O)(=O)c1cccc(CSc2nnnn2-c2ccc(O)cc2)c1. The van der Waals surface area contributed by atoms with Gasteiger partial charge in [-0.15, -0.1) is 5.10 Å². The van der Waals surface area contributed by atoms with Gasteiger partial charge in [-0.25, -0.2) is 12.7 Å². The number of aromatic nitrogens is 4. The number of phenols is 1. The standard InChI is InChI=1S/C16H17N5O3S2/c1-20(2)26(23,24)15-5-3-4-12(10-15)11-25-16-17-18-19-21(16)13-6-8-14(22)9-7-13/h3-10,22H,11H2,1-2H3. The van der Waals surface area contributed by atoms with Crippen LogP contribution in [0.3, 0.4) is 0 Å². The molecule has 8 nitrogen and oxygen atoms in total. The van der Waals surface area contributed by atoms with Crippen molar-refractivity contribution in [2.45, 2.75) is 15.8 Å². The predicted octanol–water partition coefficient (Wildman–Crippen LogP) is 1.91. The zero-order valence-electron chi connectivity index (χ0n) is 14.1. The molecule has 0 atom stereocenters. The van der Waals surface area contributed by atoms with Gasteiger partial charge in [-0.2, -0.15) is 4.68 Å². The van der Waals surface area contributed by atoms with Crippen LogP contribution < -0.4 is 0 Å². The molecule has 10 heteroatoms. The first kappa shape index (κ1) is 18.4. The minimum atomic E-state index is -3.47. The van der Waals surface area contributed by atoms with E-state index in [1.807, 2.05) is 6.07 Å². The third-order valence-corrected chi connectivity index (χ3v) is 6.38. The maximum Gasteiger partial charge on any atom is 0.242 e. The second-order valence-corrected chi connectivity index (χ2v) is 8.71. The highest BCUT2D eigenvalue weighted by molar-refractivity contribution is 7.98. The van der Waals surface area contributed by atoms with Gasteiger partial charge in [-0.1, -0.05) is 23.9 Å². The van der Waals surface area contributed by atoms with E-state index >= 15 is 0 Å². The monoisotopic (exact) mass is 391 g/mol. The van der Waals surface area contributed by atoms with Crippen LogP contribution in [0.4, 0.5) is 0 Å². The van der Waals surface area contributed by atoms with Crippen molar-refractivity contribution in [2.75, 3.05) is 14.1 Å². The van der Waals surface area contributed by atoms with Crippen molar-refractivity contribution in [3.63, 3.8) is 0 Å². The maximum absolute atomic E-state index is 12.2. The van der Waals surface area contributed by atoms with E-state index in [4.69, 9.17) is 0 Å².